The molecule has 2 fully saturated rings. The number of carbonyl (C=O) groups excluding carboxylic acids is 1. The standard InChI is InChI=1S/C14H20N2O2S.ClH/c15-8-11-7-10(9-18-11)14(17)16-5-6-19-13-4-2-1-3-12(13)16;/h7,9,12-13H,1-6,8,15H2;1H. The Morgan fingerprint density at radius 2 is 2.25 bits per heavy atom. The summed E-state index contributed by atoms with van der Waals surface area (Å²) in [7, 11) is 0. The highest BCUT2D eigenvalue weighted by Crippen LogP contribution is 2.36. The number of hydrogen-bond donors (Lipinski definition) is 1. The second-order valence-electron chi connectivity index (χ2n) is 5.27. The van der Waals surface area contributed by atoms with Crippen molar-refractivity contribution in [3.05, 3.63) is 23.7 Å². The third-order valence-corrected chi connectivity index (χ3v) is 5.49. The molecular formula is C14H21ClN2O2S. The summed E-state index contributed by atoms with van der Waals surface area (Å²) in [6.07, 6.45) is 6.48. The Hall–Kier alpha value is -0.650. The molecule has 2 N–H and O–H groups in total. The van der Waals surface area contributed by atoms with E-state index in [2.05, 4.69) is 4.90 Å². The SMILES string of the molecule is Cl.NCc1cc(C(=O)N2CCSC3CCCCC32)co1. The van der Waals surface area contributed by atoms with Gasteiger partial charge in [-0.2, -0.15) is 11.8 Å². The maximum Gasteiger partial charge on any atom is 0.257 e. The summed E-state index contributed by atoms with van der Waals surface area (Å²) >= 11 is 2.04. The minimum atomic E-state index is 0. The molecule has 1 saturated heterocycles. The van der Waals surface area contributed by atoms with Gasteiger partial charge in [0.25, 0.3) is 5.91 Å². The van der Waals surface area contributed by atoms with Crippen molar-refractivity contribution in [1.29, 1.82) is 0 Å². The van der Waals surface area contributed by atoms with Crippen LogP contribution in [-0.4, -0.2) is 34.4 Å². The van der Waals surface area contributed by atoms with E-state index in [1.54, 1.807) is 12.3 Å². The average Bonchev–Trinajstić information content (AvgIpc) is 2.95. The Kier molecular flexibility index (Phi) is 5.41. The summed E-state index contributed by atoms with van der Waals surface area (Å²) in [5, 5.41) is 0.632. The fourth-order valence-electron chi connectivity index (χ4n) is 3.11. The summed E-state index contributed by atoms with van der Waals surface area (Å²) in [5.41, 5.74) is 6.18. The zero-order valence-corrected chi connectivity index (χ0v) is 13.0. The van der Waals surface area contributed by atoms with E-state index in [1.165, 1.54) is 19.3 Å². The van der Waals surface area contributed by atoms with Crippen LogP contribution in [0, 0.1) is 0 Å². The van der Waals surface area contributed by atoms with Crippen LogP contribution < -0.4 is 5.73 Å². The van der Waals surface area contributed by atoms with Gasteiger partial charge in [-0.05, 0) is 18.9 Å². The summed E-state index contributed by atoms with van der Waals surface area (Å²) in [5.74, 6) is 1.84. The molecule has 20 heavy (non-hydrogen) atoms. The minimum Gasteiger partial charge on any atom is -0.467 e. The average molecular weight is 317 g/mol. The molecule has 0 radical (unpaired) electrons. The number of halogens is 1. The number of furan rings is 1. The fourth-order valence-corrected chi connectivity index (χ4v) is 4.56. The second-order valence-corrected chi connectivity index (χ2v) is 6.61. The number of carbonyl (C=O) groups is 1. The van der Waals surface area contributed by atoms with Crippen LogP contribution in [0.15, 0.2) is 16.7 Å². The summed E-state index contributed by atoms with van der Waals surface area (Å²) in [6.45, 7) is 1.20. The van der Waals surface area contributed by atoms with Gasteiger partial charge in [-0.15, -0.1) is 12.4 Å². The van der Waals surface area contributed by atoms with Crippen LogP contribution in [0.3, 0.4) is 0 Å². The van der Waals surface area contributed by atoms with E-state index in [4.69, 9.17) is 10.2 Å². The summed E-state index contributed by atoms with van der Waals surface area (Å²) in [4.78, 5) is 14.7. The van der Waals surface area contributed by atoms with Crippen LogP contribution in [0.5, 0.6) is 0 Å². The molecule has 4 nitrogen and oxygen atoms in total. The zero-order chi connectivity index (χ0) is 13.2. The topological polar surface area (TPSA) is 59.5 Å². The number of rotatable bonds is 2. The highest BCUT2D eigenvalue weighted by molar-refractivity contribution is 8.00. The minimum absolute atomic E-state index is 0. The van der Waals surface area contributed by atoms with Crippen molar-refractivity contribution in [2.24, 2.45) is 5.73 Å². The van der Waals surface area contributed by atoms with Crippen LogP contribution in [0.1, 0.15) is 41.8 Å². The first kappa shape index (κ1) is 15.7. The summed E-state index contributed by atoms with van der Waals surface area (Å²) in [6, 6.07) is 2.19. The molecule has 2 unspecified atom stereocenters. The lowest BCUT2D eigenvalue weighted by atomic mass is 9.93. The Bertz CT molecular complexity index is 464. The maximum absolute atomic E-state index is 12.6. The van der Waals surface area contributed by atoms with E-state index in [0.29, 0.717) is 29.2 Å². The van der Waals surface area contributed by atoms with Gasteiger partial charge in [-0.25, -0.2) is 0 Å². The molecule has 2 aliphatic rings. The number of nitrogens with zero attached hydrogens (tertiary/aromatic N) is 1. The van der Waals surface area contributed by atoms with E-state index in [9.17, 15) is 4.79 Å². The lowest BCUT2D eigenvalue weighted by Crippen LogP contribution is -2.51. The molecule has 3 rings (SSSR count). The highest BCUT2D eigenvalue weighted by Gasteiger charge is 2.36. The van der Waals surface area contributed by atoms with E-state index in [-0.39, 0.29) is 18.3 Å². The molecular weight excluding hydrogens is 296 g/mol. The monoisotopic (exact) mass is 316 g/mol. The van der Waals surface area contributed by atoms with Gasteiger partial charge in [0.1, 0.15) is 12.0 Å². The third-order valence-electron chi connectivity index (χ3n) is 4.09. The molecule has 1 aromatic rings. The third kappa shape index (κ3) is 3.00. The molecule has 1 aliphatic carbocycles. The first-order valence-corrected chi connectivity index (χ1v) is 8.04. The molecule has 112 valence electrons. The van der Waals surface area contributed by atoms with Crippen molar-refractivity contribution in [2.45, 2.75) is 43.5 Å². The first-order valence-electron chi connectivity index (χ1n) is 6.99. The highest BCUT2D eigenvalue weighted by atomic mass is 35.5. The molecule has 1 saturated carbocycles. The molecule has 1 aliphatic heterocycles. The van der Waals surface area contributed by atoms with Gasteiger partial charge in [-0.1, -0.05) is 12.8 Å². The Balaban J connectivity index is 0.00000147. The van der Waals surface area contributed by atoms with Crippen LogP contribution in [-0.2, 0) is 6.54 Å². The van der Waals surface area contributed by atoms with Gasteiger partial charge in [0.2, 0.25) is 0 Å². The van der Waals surface area contributed by atoms with Crippen LogP contribution in [0.4, 0.5) is 0 Å². The van der Waals surface area contributed by atoms with E-state index in [1.807, 2.05) is 11.8 Å². The van der Waals surface area contributed by atoms with Crippen molar-refractivity contribution < 1.29 is 9.21 Å². The zero-order valence-electron chi connectivity index (χ0n) is 11.4. The molecule has 0 spiro atoms. The molecule has 0 aromatic carbocycles. The smallest absolute Gasteiger partial charge is 0.257 e. The van der Waals surface area contributed by atoms with Crippen molar-refractivity contribution in [2.75, 3.05) is 12.3 Å². The number of amides is 1. The van der Waals surface area contributed by atoms with Crippen molar-refractivity contribution in [1.82, 2.24) is 4.90 Å². The van der Waals surface area contributed by atoms with E-state index < -0.39 is 0 Å². The largest absolute Gasteiger partial charge is 0.467 e. The quantitative estimate of drug-likeness (QED) is 0.911. The summed E-state index contributed by atoms with van der Waals surface area (Å²) < 4.78 is 5.28. The number of nitrogens with two attached hydrogens (primary N) is 1. The van der Waals surface area contributed by atoms with Gasteiger partial charge < -0.3 is 15.1 Å². The molecule has 1 aromatic heterocycles. The van der Waals surface area contributed by atoms with Gasteiger partial charge >= 0.3 is 0 Å². The molecule has 2 atom stereocenters. The number of hydrogen-bond acceptors (Lipinski definition) is 4. The fraction of sp³-hybridized carbons (Fsp3) is 0.643. The Morgan fingerprint density at radius 1 is 1.45 bits per heavy atom. The van der Waals surface area contributed by atoms with Crippen LogP contribution in [0.2, 0.25) is 0 Å². The van der Waals surface area contributed by atoms with Crippen LogP contribution in [0.25, 0.3) is 0 Å². The molecule has 0 bridgehead atoms. The van der Waals surface area contributed by atoms with E-state index in [0.717, 1.165) is 18.7 Å². The van der Waals surface area contributed by atoms with Gasteiger partial charge in [-0.3, -0.25) is 4.79 Å². The maximum atomic E-state index is 12.6. The lowest BCUT2D eigenvalue weighted by Gasteiger charge is -2.43. The van der Waals surface area contributed by atoms with Gasteiger partial charge in [0.05, 0.1) is 12.1 Å². The molecule has 1 amide bonds. The van der Waals surface area contributed by atoms with Crippen LogP contribution >= 0.6 is 24.2 Å². The van der Waals surface area contributed by atoms with Gasteiger partial charge in [0, 0.05) is 23.6 Å². The number of thioether (sulfide) groups is 1. The van der Waals surface area contributed by atoms with Crippen molar-refractivity contribution in [3.63, 3.8) is 0 Å². The van der Waals surface area contributed by atoms with E-state index >= 15 is 0 Å². The van der Waals surface area contributed by atoms with Crippen molar-refractivity contribution >= 4 is 30.1 Å². The lowest BCUT2D eigenvalue weighted by molar-refractivity contribution is 0.0645. The molecule has 6 heteroatoms. The van der Waals surface area contributed by atoms with Crippen molar-refractivity contribution in [3.8, 4) is 0 Å². The normalized spacial score (nSPS) is 25.8. The first-order chi connectivity index (χ1) is 9.29. The molecule has 2 heterocycles. The Labute approximate surface area is 129 Å². The predicted molar refractivity (Wildman–Crippen MR) is 83.4 cm³/mol. The second kappa shape index (κ2) is 6.87. The number of fused-ring (bicyclic) bond motifs is 1. The predicted octanol–water partition coefficient (Wildman–Crippen LogP) is 2.66. The Morgan fingerprint density at radius 3 is 3.00 bits per heavy atom. The van der Waals surface area contributed by atoms with Gasteiger partial charge in [0.15, 0.2) is 0 Å².